The highest BCUT2D eigenvalue weighted by molar-refractivity contribution is 7.98. The Morgan fingerprint density at radius 1 is 1.33 bits per heavy atom. The highest BCUT2D eigenvalue weighted by atomic mass is 35.5. The summed E-state index contributed by atoms with van der Waals surface area (Å²) in [5.41, 5.74) is 6.70. The first-order chi connectivity index (χ1) is 8.69. The highest BCUT2D eigenvalue weighted by Gasteiger charge is 2.05. The molecule has 2 aromatic rings. The zero-order valence-corrected chi connectivity index (χ0v) is 11.3. The minimum Gasteiger partial charge on any atom is -0.481 e. The largest absolute Gasteiger partial charge is 0.481 e. The van der Waals surface area contributed by atoms with Gasteiger partial charge in [0.15, 0.2) is 5.16 Å². The lowest BCUT2D eigenvalue weighted by molar-refractivity contribution is 0.393. The van der Waals surface area contributed by atoms with Crippen LogP contribution in [0.5, 0.6) is 5.88 Å². The minimum absolute atomic E-state index is 0.392. The number of aromatic nitrogens is 2. The molecule has 4 nitrogen and oxygen atoms in total. The summed E-state index contributed by atoms with van der Waals surface area (Å²) >= 11 is 7.54. The maximum atomic E-state index is 6.08. The van der Waals surface area contributed by atoms with Gasteiger partial charge in [0.05, 0.1) is 7.11 Å². The fourth-order valence-corrected chi connectivity index (χ4v) is 2.49. The summed E-state index contributed by atoms with van der Waals surface area (Å²) in [4.78, 5) is 8.34. The van der Waals surface area contributed by atoms with Crippen LogP contribution in [0.4, 0.5) is 5.82 Å². The molecule has 0 spiro atoms. The van der Waals surface area contributed by atoms with E-state index >= 15 is 0 Å². The summed E-state index contributed by atoms with van der Waals surface area (Å²) in [5, 5.41) is 1.31. The average molecular weight is 282 g/mol. The zero-order valence-electron chi connectivity index (χ0n) is 9.76. The Balaban J connectivity index is 2.11. The lowest BCUT2D eigenvalue weighted by Gasteiger charge is -2.05. The van der Waals surface area contributed by atoms with Crippen LogP contribution in [0, 0.1) is 0 Å². The number of nitrogen functional groups attached to an aromatic ring is 1. The summed E-state index contributed by atoms with van der Waals surface area (Å²) in [6.45, 7) is 0. The number of ether oxygens (including phenoxy) is 1. The topological polar surface area (TPSA) is 61.0 Å². The Morgan fingerprint density at radius 2 is 2.11 bits per heavy atom. The molecule has 0 radical (unpaired) electrons. The second-order valence-corrected chi connectivity index (χ2v) is 4.85. The number of halogens is 1. The molecule has 0 unspecified atom stereocenters. The van der Waals surface area contributed by atoms with Crippen LogP contribution in [-0.2, 0) is 5.75 Å². The van der Waals surface area contributed by atoms with Gasteiger partial charge in [-0.05, 0) is 11.6 Å². The van der Waals surface area contributed by atoms with Gasteiger partial charge in [0.1, 0.15) is 5.82 Å². The summed E-state index contributed by atoms with van der Waals surface area (Å²) in [5.74, 6) is 1.54. The van der Waals surface area contributed by atoms with Crippen molar-refractivity contribution < 1.29 is 4.74 Å². The van der Waals surface area contributed by atoms with Crippen LogP contribution >= 0.6 is 23.4 Å². The molecule has 1 heterocycles. The molecule has 18 heavy (non-hydrogen) atoms. The van der Waals surface area contributed by atoms with Crippen molar-refractivity contribution in [3.05, 3.63) is 40.9 Å². The monoisotopic (exact) mass is 281 g/mol. The van der Waals surface area contributed by atoms with E-state index in [2.05, 4.69) is 9.97 Å². The van der Waals surface area contributed by atoms with Crippen molar-refractivity contribution in [2.75, 3.05) is 12.8 Å². The van der Waals surface area contributed by atoms with Gasteiger partial charge in [-0.15, -0.1) is 0 Å². The van der Waals surface area contributed by atoms with Crippen LogP contribution < -0.4 is 10.5 Å². The molecule has 0 saturated carbocycles. The number of nitrogens with two attached hydrogens (primary N) is 1. The predicted molar refractivity (Wildman–Crippen MR) is 74.0 cm³/mol. The molecule has 0 amide bonds. The molecular formula is C12H12ClN3OS. The molecule has 0 atom stereocenters. The molecule has 1 aromatic carbocycles. The average Bonchev–Trinajstić information content (AvgIpc) is 2.37. The maximum absolute atomic E-state index is 6.08. The molecule has 6 heteroatoms. The van der Waals surface area contributed by atoms with Crippen LogP contribution in [0.1, 0.15) is 5.56 Å². The molecule has 94 valence electrons. The second-order valence-electron chi connectivity index (χ2n) is 3.50. The van der Waals surface area contributed by atoms with Crippen LogP contribution in [0.15, 0.2) is 35.5 Å². The Labute approximate surface area is 115 Å². The van der Waals surface area contributed by atoms with Crippen molar-refractivity contribution in [3.63, 3.8) is 0 Å². The van der Waals surface area contributed by atoms with E-state index in [0.717, 1.165) is 10.6 Å². The van der Waals surface area contributed by atoms with Gasteiger partial charge < -0.3 is 10.5 Å². The Hall–Kier alpha value is -1.46. The van der Waals surface area contributed by atoms with E-state index < -0.39 is 0 Å². The van der Waals surface area contributed by atoms with Crippen molar-refractivity contribution >= 4 is 29.2 Å². The number of nitrogens with zero attached hydrogens (tertiary/aromatic N) is 2. The fourth-order valence-electron chi connectivity index (χ4n) is 1.35. The maximum Gasteiger partial charge on any atom is 0.219 e. The second kappa shape index (κ2) is 5.93. The first-order valence-corrected chi connectivity index (χ1v) is 6.60. The number of rotatable bonds is 4. The standard InChI is InChI=1S/C12H12ClN3OS/c1-17-11-6-10(14)15-12(16-11)18-7-8-4-2-3-5-9(8)13/h2-6H,7H2,1H3,(H2,14,15,16). The Kier molecular flexibility index (Phi) is 4.28. The van der Waals surface area contributed by atoms with E-state index in [-0.39, 0.29) is 0 Å². The van der Waals surface area contributed by atoms with Gasteiger partial charge in [-0.1, -0.05) is 41.6 Å². The van der Waals surface area contributed by atoms with E-state index in [1.165, 1.54) is 11.8 Å². The van der Waals surface area contributed by atoms with Crippen LogP contribution in [-0.4, -0.2) is 17.1 Å². The molecule has 1 aromatic heterocycles. The summed E-state index contributed by atoms with van der Waals surface area (Å²) in [6.07, 6.45) is 0. The van der Waals surface area contributed by atoms with Crippen molar-refractivity contribution in [1.29, 1.82) is 0 Å². The number of hydrogen-bond acceptors (Lipinski definition) is 5. The van der Waals surface area contributed by atoms with Crippen LogP contribution in [0.2, 0.25) is 5.02 Å². The van der Waals surface area contributed by atoms with Crippen molar-refractivity contribution in [3.8, 4) is 5.88 Å². The van der Waals surface area contributed by atoms with E-state index in [1.54, 1.807) is 13.2 Å². The molecule has 0 bridgehead atoms. The Morgan fingerprint density at radius 3 is 2.83 bits per heavy atom. The predicted octanol–water partition coefficient (Wildman–Crippen LogP) is 3.01. The van der Waals surface area contributed by atoms with E-state index in [1.807, 2.05) is 24.3 Å². The summed E-state index contributed by atoms with van der Waals surface area (Å²) in [7, 11) is 1.55. The molecule has 2 rings (SSSR count). The molecule has 0 fully saturated rings. The normalized spacial score (nSPS) is 10.3. The number of anilines is 1. The molecule has 2 N–H and O–H groups in total. The van der Waals surface area contributed by atoms with E-state index in [9.17, 15) is 0 Å². The first kappa shape index (κ1) is 13.0. The minimum atomic E-state index is 0.392. The zero-order chi connectivity index (χ0) is 13.0. The molecule has 0 saturated heterocycles. The summed E-state index contributed by atoms with van der Waals surface area (Å²) in [6, 6.07) is 9.26. The van der Waals surface area contributed by atoms with Gasteiger partial charge >= 0.3 is 0 Å². The number of hydrogen-bond donors (Lipinski definition) is 1. The van der Waals surface area contributed by atoms with Crippen LogP contribution in [0.25, 0.3) is 0 Å². The van der Waals surface area contributed by atoms with Crippen molar-refractivity contribution in [2.45, 2.75) is 10.9 Å². The molecule has 0 aliphatic rings. The number of thioether (sulfide) groups is 1. The fraction of sp³-hybridized carbons (Fsp3) is 0.167. The van der Waals surface area contributed by atoms with Gasteiger partial charge in [0.25, 0.3) is 0 Å². The first-order valence-electron chi connectivity index (χ1n) is 5.24. The van der Waals surface area contributed by atoms with E-state index in [0.29, 0.717) is 22.6 Å². The Bertz CT molecular complexity index is 551. The molecule has 0 aliphatic heterocycles. The van der Waals surface area contributed by atoms with Gasteiger partial charge in [-0.2, -0.15) is 4.98 Å². The lowest BCUT2D eigenvalue weighted by atomic mass is 10.2. The van der Waals surface area contributed by atoms with Crippen molar-refractivity contribution in [1.82, 2.24) is 9.97 Å². The lowest BCUT2D eigenvalue weighted by Crippen LogP contribution is -1.97. The van der Waals surface area contributed by atoms with E-state index in [4.69, 9.17) is 22.1 Å². The van der Waals surface area contributed by atoms with Gasteiger partial charge in [-0.25, -0.2) is 4.98 Å². The number of methoxy groups -OCH3 is 1. The highest BCUT2D eigenvalue weighted by Crippen LogP contribution is 2.26. The SMILES string of the molecule is COc1cc(N)nc(SCc2ccccc2Cl)n1. The molecular weight excluding hydrogens is 270 g/mol. The summed E-state index contributed by atoms with van der Waals surface area (Å²) < 4.78 is 5.04. The third-order valence-corrected chi connectivity index (χ3v) is 3.49. The molecule has 0 aliphatic carbocycles. The smallest absolute Gasteiger partial charge is 0.219 e. The third-order valence-electron chi connectivity index (χ3n) is 2.23. The van der Waals surface area contributed by atoms with Gasteiger partial charge in [0.2, 0.25) is 5.88 Å². The van der Waals surface area contributed by atoms with Gasteiger partial charge in [0, 0.05) is 16.8 Å². The van der Waals surface area contributed by atoms with Gasteiger partial charge in [-0.3, -0.25) is 0 Å². The number of benzene rings is 1. The quantitative estimate of drug-likeness (QED) is 0.689. The van der Waals surface area contributed by atoms with Crippen LogP contribution in [0.3, 0.4) is 0 Å². The third kappa shape index (κ3) is 3.27. The van der Waals surface area contributed by atoms with Crippen molar-refractivity contribution in [2.24, 2.45) is 0 Å².